The Balaban J connectivity index is 2.21. The molecule has 1 saturated heterocycles. The Morgan fingerprint density at radius 1 is 1.22 bits per heavy atom. The van der Waals surface area contributed by atoms with Gasteiger partial charge in [-0.1, -0.05) is 0 Å². The second-order valence-corrected chi connectivity index (χ2v) is 8.46. The van der Waals surface area contributed by atoms with E-state index in [1.165, 1.54) is 0 Å². The normalized spacial score (nSPS) is 24.6. The summed E-state index contributed by atoms with van der Waals surface area (Å²) >= 11 is 0. The molecule has 6 heteroatoms. The van der Waals surface area contributed by atoms with Crippen molar-refractivity contribution >= 4 is 16.7 Å². The van der Waals surface area contributed by atoms with Crippen LogP contribution in [0.15, 0.2) is 18.2 Å². The molecule has 1 aromatic carbocycles. The molecule has 1 aromatic rings. The molecule has 1 aliphatic heterocycles. The number of amides is 1. The van der Waals surface area contributed by atoms with Crippen LogP contribution in [0, 0.1) is 0 Å². The molecule has 1 fully saturated rings. The molecule has 5 nitrogen and oxygen atoms in total. The predicted octanol–water partition coefficient (Wildman–Crippen LogP) is 2.46. The largest absolute Gasteiger partial charge is 0.493 e. The molecule has 0 aliphatic carbocycles. The van der Waals surface area contributed by atoms with Crippen molar-refractivity contribution in [2.45, 2.75) is 44.3 Å². The molecule has 1 heterocycles. The van der Waals surface area contributed by atoms with Gasteiger partial charge in [0.25, 0.3) is 5.91 Å². The average Bonchev–Trinajstić information content (AvgIpc) is 2.51. The van der Waals surface area contributed by atoms with Crippen molar-refractivity contribution in [2.24, 2.45) is 0 Å². The number of carbonyl (C=O) groups is 1. The summed E-state index contributed by atoms with van der Waals surface area (Å²) in [6.07, 6.45) is 0.0317. The SMILES string of the molecule is COc1cc(C(=O)N2CC(C)S(=O)C(C)C2)ccc1OC(C)C. The van der Waals surface area contributed by atoms with E-state index in [0.717, 1.165) is 0 Å². The first-order valence-electron chi connectivity index (χ1n) is 7.86. The first-order valence-corrected chi connectivity index (χ1v) is 9.14. The van der Waals surface area contributed by atoms with E-state index in [1.54, 1.807) is 30.2 Å². The lowest BCUT2D eigenvalue weighted by Crippen LogP contribution is -2.49. The third-order valence-electron chi connectivity index (χ3n) is 3.81. The Morgan fingerprint density at radius 3 is 2.35 bits per heavy atom. The van der Waals surface area contributed by atoms with E-state index in [1.807, 2.05) is 27.7 Å². The highest BCUT2D eigenvalue weighted by atomic mass is 32.2. The van der Waals surface area contributed by atoms with E-state index in [9.17, 15) is 9.00 Å². The summed E-state index contributed by atoms with van der Waals surface area (Å²) in [7, 11) is 0.682. The van der Waals surface area contributed by atoms with E-state index in [2.05, 4.69) is 0 Å². The Hall–Kier alpha value is -1.56. The van der Waals surface area contributed by atoms with Crippen molar-refractivity contribution in [3.05, 3.63) is 23.8 Å². The van der Waals surface area contributed by atoms with Gasteiger partial charge < -0.3 is 14.4 Å². The molecule has 1 aliphatic rings. The van der Waals surface area contributed by atoms with E-state index < -0.39 is 10.8 Å². The van der Waals surface area contributed by atoms with Crippen LogP contribution in [0.4, 0.5) is 0 Å². The summed E-state index contributed by atoms with van der Waals surface area (Å²) in [5.74, 6) is 1.11. The van der Waals surface area contributed by atoms with Crippen LogP contribution in [-0.2, 0) is 10.8 Å². The molecule has 2 atom stereocenters. The first-order chi connectivity index (χ1) is 10.8. The summed E-state index contributed by atoms with van der Waals surface area (Å²) < 4.78 is 23.0. The second kappa shape index (κ2) is 7.34. The highest BCUT2D eigenvalue weighted by molar-refractivity contribution is 7.86. The molecule has 0 radical (unpaired) electrons. The van der Waals surface area contributed by atoms with E-state index >= 15 is 0 Å². The van der Waals surface area contributed by atoms with Crippen LogP contribution in [0.3, 0.4) is 0 Å². The molecule has 128 valence electrons. The summed E-state index contributed by atoms with van der Waals surface area (Å²) in [6.45, 7) is 8.76. The molecule has 1 amide bonds. The molecule has 23 heavy (non-hydrogen) atoms. The smallest absolute Gasteiger partial charge is 0.254 e. The van der Waals surface area contributed by atoms with Crippen LogP contribution < -0.4 is 9.47 Å². The number of hydrogen-bond donors (Lipinski definition) is 0. The lowest BCUT2D eigenvalue weighted by Gasteiger charge is -2.34. The second-order valence-electron chi connectivity index (χ2n) is 6.19. The minimum absolute atomic E-state index is 0.00635. The molecule has 0 bridgehead atoms. The van der Waals surface area contributed by atoms with Crippen LogP contribution in [-0.4, -0.2) is 51.8 Å². The third kappa shape index (κ3) is 4.05. The Labute approximate surface area is 140 Å². The number of methoxy groups -OCH3 is 1. The highest BCUT2D eigenvalue weighted by Crippen LogP contribution is 2.30. The van der Waals surface area contributed by atoms with Gasteiger partial charge in [-0.2, -0.15) is 0 Å². The van der Waals surface area contributed by atoms with Gasteiger partial charge in [-0.25, -0.2) is 0 Å². The van der Waals surface area contributed by atoms with Crippen molar-refractivity contribution in [3.63, 3.8) is 0 Å². The van der Waals surface area contributed by atoms with Crippen LogP contribution in [0.25, 0.3) is 0 Å². The number of hydrogen-bond acceptors (Lipinski definition) is 4. The van der Waals surface area contributed by atoms with Gasteiger partial charge in [0, 0.05) is 40.0 Å². The summed E-state index contributed by atoms with van der Waals surface area (Å²) in [6, 6.07) is 5.23. The minimum Gasteiger partial charge on any atom is -0.493 e. The summed E-state index contributed by atoms with van der Waals surface area (Å²) in [5.41, 5.74) is 0.560. The first kappa shape index (κ1) is 17.8. The summed E-state index contributed by atoms with van der Waals surface area (Å²) in [4.78, 5) is 14.5. The van der Waals surface area contributed by atoms with Crippen LogP contribution in [0.1, 0.15) is 38.1 Å². The van der Waals surface area contributed by atoms with Gasteiger partial charge in [0.05, 0.1) is 13.2 Å². The molecular formula is C17H25NO4S. The minimum atomic E-state index is -0.878. The van der Waals surface area contributed by atoms with Crippen molar-refractivity contribution in [1.82, 2.24) is 4.90 Å². The average molecular weight is 339 g/mol. The zero-order valence-corrected chi connectivity index (χ0v) is 15.2. The lowest BCUT2D eigenvalue weighted by atomic mass is 10.1. The topological polar surface area (TPSA) is 55.8 Å². The third-order valence-corrected chi connectivity index (χ3v) is 5.69. The molecule has 0 spiro atoms. The van der Waals surface area contributed by atoms with Crippen LogP contribution >= 0.6 is 0 Å². The van der Waals surface area contributed by atoms with Gasteiger partial charge in [-0.05, 0) is 45.9 Å². The van der Waals surface area contributed by atoms with E-state index in [0.29, 0.717) is 30.2 Å². The quantitative estimate of drug-likeness (QED) is 0.845. The highest BCUT2D eigenvalue weighted by Gasteiger charge is 2.31. The van der Waals surface area contributed by atoms with Crippen molar-refractivity contribution in [2.75, 3.05) is 20.2 Å². The number of carbonyl (C=O) groups excluding carboxylic acids is 1. The number of nitrogens with zero attached hydrogens (tertiary/aromatic N) is 1. The lowest BCUT2D eigenvalue weighted by molar-refractivity contribution is 0.0751. The number of rotatable bonds is 4. The molecule has 0 aromatic heterocycles. The van der Waals surface area contributed by atoms with Gasteiger partial charge in [0.15, 0.2) is 11.5 Å². The van der Waals surface area contributed by atoms with Crippen molar-refractivity contribution < 1.29 is 18.5 Å². The monoisotopic (exact) mass is 339 g/mol. The predicted molar refractivity (Wildman–Crippen MR) is 91.7 cm³/mol. The molecule has 0 saturated carbocycles. The van der Waals surface area contributed by atoms with Crippen molar-refractivity contribution in [3.8, 4) is 11.5 Å². The molecular weight excluding hydrogens is 314 g/mol. The fraction of sp³-hybridized carbons (Fsp3) is 0.588. The molecule has 0 N–H and O–H groups in total. The van der Waals surface area contributed by atoms with Gasteiger partial charge in [0.2, 0.25) is 0 Å². The molecule has 2 unspecified atom stereocenters. The zero-order chi connectivity index (χ0) is 17.1. The van der Waals surface area contributed by atoms with Gasteiger partial charge in [-0.15, -0.1) is 0 Å². The molecule has 2 rings (SSSR count). The fourth-order valence-electron chi connectivity index (χ4n) is 2.74. The summed E-state index contributed by atoms with van der Waals surface area (Å²) in [5, 5.41) is -0.0127. The standard InChI is InChI=1S/C17H25NO4S/c1-11(2)22-15-7-6-14(8-16(15)21-5)17(19)18-9-12(3)23(20)13(4)10-18/h6-8,11-13H,9-10H2,1-5H3. The zero-order valence-electron chi connectivity index (χ0n) is 14.4. The van der Waals surface area contributed by atoms with Crippen molar-refractivity contribution in [1.29, 1.82) is 0 Å². The maximum absolute atomic E-state index is 12.7. The van der Waals surface area contributed by atoms with Crippen LogP contribution in [0.2, 0.25) is 0 Å². The Kier molecular flexibility index (Phi) is 5.68. The Bertz CT molecular complexity index is 588. The maximum Gasteiger partial charge on any atom is 0.254 e. The van der Waals surface area contributed by atoms with E-state index in [-0.39, 0.29) is 22.5 Å². The van der Waals surface area contributed by atoms with Gasteiger partial charge in [0.1, 0.15) is 0 Å². The van der Waals surface area contributed by atoms with Gasteiger partial charge >= 0.3 is 0 Å². The number of ether oxygens (including phenoxy) is 2. The Morgan fingerprint density at radius 2 is 1.83 bits per heavy atom. The van der Waals surface area contributed by atoms with E-state index in [4.69, 9.17) is 9.47 Å². The maximum atomic E-state index is 12.7. The number of benzene rings is 1. The van der Waals surface area contributed by atoms with Crippen LogP contribution in [0.5, 0.6) is 11.5 Å². The van der Waals surface area contributed by atoms with Gasteiger partial charge in [-0.3, -0.25) is 9.00 Å². The fourth-order valence-corrected chi connectivity index (χ4v) is 4.19.